The molecule has 0 heterocycles. The summed E-state index contributed by atoms with van der Waals surface area (Å²) in [6.07, 6.45) is 0. The lowest BCUT2D eigenvalue weighted by atomic mass is 10.3. The fourth-order valence-corrected chi connectivity index (χ4v) is 0.970. The van der Waals surface area contributed by atoms with E-state index in [9.17, 15) is 0 Å². The number of hydrogen-bond acceptors (Lipinski definition) is 2. The van der Waals surface area contributed by atoms with E-state index in [1.807, 2.05) is 0 Å². The molecule has 1 aromatic rings. The molecule has 80 valence electrons. The van der Waals surface area contributed by atoms with Crippen LogP contribution in [0.5, 0.6) is 5.75 Å². The number of aliphatic imine (C=N–C) groups is 2. The van der Waals surface area contributed by atoms with Gasteiger partial charge in [-0.3, -0.25) is 0 Å². The van der Waals surface area contributed by atoms with Crippen LogP contribution < -0.4 is 21.9 Å². The van der Waals surface area contributed by atoms with Gasteiger partial charge < -0.3 is 21.9 Å². The Morgan fingerprint density at radius 1 is 1.27 bits per heavy atom. The number of benzene rings is 1. The lowest BCUT2D eigenvalue weighted by molar-refractivity contribution is 0.415. The summed E-state index contributed by atoms with van der Waals surface area (Å²) < 4.78 is 5.02. The SMILES string of the molecule is COc1cccc(N=C(N)N=C(N)N)c1. The molecule has 6 nitrogen and oxygen atoms in total. The molecule has 15 heavy (non-hydrogen) atoms. The fraction of sp³-hybridized carbons (Fsp3) is 0.111. The maximum absolute atomic E-state index is 5.46. The number of nitrogens with two attached hydrogens (primary N) is 3. The van der Waals surface area contributed by atoms with Crippen LogP contribution >= 0.6 is 0 Å². The summed E-state index contributed by atoms with van der Waals surface area (Å²) in [5.74, 6) is 0.566. The third-order valence-electron chi connectivity index (χ3n) is 1.54. The maximum Gasteiger partial charge on any atom is 0.223 e. The van der Waals surface area contributed by atoms with Crippen molar-refractivity contribution in [3.05, 3.63) is 24.3 Å². The number of hydrogen-bond donors (Lipinski definition) is 3. The first-order valence-corrected chi connectivity index (χ1v) is 4.19. The molecule has 6 N–H and O–H groups in total. The predicted molar refractivity (Wildman–Crippen MR) is 60.1 cm³/mol. The van der Waals surface area contributed by atoms with Crippen molar-refractivity contribution in [2.45, 2.75) is 0 Å². The van der Waals surface area contributed by atoms with Gasteiger partial charge in [0.1, 0.15) is 5.75 Å². The molecule has 0 bridgehead atoms. The van der Waals surface area contributed by atoms with Gasteiger partial charge in [0.2, 0.25) is 5.96 Å². The zero-order valence-electron chi connectivity index (χ0n) is 8.34. The van der Waals surface area contributed by atoms with E-state index in [4.69, 9.17) is 21.9 Å². The Hall–Kier alpha value is -2.24. The Labute approximate surface area is 87.5 Å². The number of rotatable bonds is 2. The van der Waals surface area contributed by atoms with E-state index < -0.39 is 0 Å². The molecule has 0 aromatic heterocycles. The second-order valence-electron chi connectivity index (χ2n) is 2.71. The highest BCUT2D eigenvalue weighted by atomic mass is 16.5. The van der Waals surface area contributed by atoms with Crippen LogP contribution in [0.2, 0.25) is 0 Å². The molecular formula is C9H13N5O. The van der Waals surface area contributed by atoms with Crippen LogP contribution in [0.15, 0.2) is 34.3 Å². The van der Waals surface area contributed by atoms with Crippen molar-refractivity contribution in [1.82, 2.24) is 0 Å². The fourth-order valence-electron chi connectivity index (χ4n) is 0.970. The van der Waals surface area contributed by atoms with Crippen LogP contribution in [0, 0.1) is 0 Å². The van der Waals surface area contributed by atoms with Gasteiger partial charge in [-0.05, 0) is 12.1 Å². The molecule has 1 aromatic carbocycles. The Balaban J connectivity index is 2.92. The molecule has 0 aliphatic rings. The third kappa shape index (κ3) is 3.55. The molecule has 0 atom stereocenters. The summed E-state index contributed by atoms with van der Waals surface area (Å²) in [4.78, 5) is 7.56. The molecule has 0 saturated heterocycles. The average molecular weight is 207 g/mol. The lowest BCUT2D eigenvalue weighted by Gasteiger charge is -2.00. The standard InChI is InChI=1S/C9H13N5O/c1-15-7-4-2-3-6(5-7)13-9(12)14-8(10)11/h2-5H,1H3,(H6,10,11,12,13,14). The summed E-state index contributed by atoms with van der Waals surface area (Å²) in [7, 11) is 1.57. The van der Waals surface area contributed by atoms with Crippen LogP contribution in [0.4, 0.5) is 5.69 Å². The maximum atomic E-state index is 5.46. The molecular weight excluding hydrogens is 194 g/mol. The molecule has 0 spiro atoms. The minimum absolute atomic E-state index is 0.00301. The van der Waals surface area contributed by atoms with Gasteiger partial charge in [0.15, 0.2) is 5.96 Å². The van der Waals surface area contributed by atoms with Crippen molar-refractivity contribution in [3.8, 4) is 5.75 Å². The van der Waals surface area contributed by atoms with Crippen molar-refractivity contribution in [3.63, 3.8) is 0 Å². The van der Waals surface area contributed by atoms with Crippen LogP contribution in [0.3, 0.4) is 0 Å². The van der Waals surface area contributed by atoms with Gasteiger partial charge in [-0.1, -0.05) is 6.07 Å². The Morgan fingerprint density at radius 2 is 2.00 bits per heavy atom. The van der Waals surface area contributed by atoms with Gasteiger partial charge in [0, 0.05) is 6.07 Å². The summed E-state index contributed by atoms with van der Waals surface area (Å²) in [6, 6.07) is 7.07. The molecule has 0 amide bonds. The highest BCUT2D eigenvalue weighted by molar-refractivity contribution is 5.93. The van der Waals surface area contributed by atoms with Crippen molar-refractivity contribution in [2.75, 3.05) is 7.11 Å². The molecule has 0 fully saturated rings. The monoisotopic (exact) mass is 207 g/mol. The zero-order chi connectivity index (χ0) is 11.3. The minimum Gasteiger partial charge on any atom is -0.497 e. The second-order valence-corrected chi connectivity index (χ2v) is 2.71. The van der Waals surface area contributed by atoms with E-state index in [1.54, 1.807) is 31.4 Å². The predicted octanol–water partition coefficient (Wildman–Crippen LogP) is -0.0852. The molecule has 1 rings (SSSR count). The number of ether oxygens (including phenoxy) is 1. The average Bonchev–Trinajstić information content (AvgIpc) is 2.16. The minimum atomic E-state index is -0.126. The molecule has 0 aliphatic heterocycles. The summed E-state index contributed by atoms with van der Waals surface area (Å²) in [5.41, 5.74) is 16.4. The van der Waals surface area contributed by atoms with Crippen LogP contribution in [0.25, 0.3) is 0 Å². The quantitative estimate of drug-likeness (QED) is 0.465. The summed E-state index contributed by atoms with van der Waals surface area (Å²) in [6.45, 7) is 0. The van der Waals surface area contributed by atoms with Gasteiger partial charge in [-0.2, -0.15) is 4.99 Å². The van der Waals surface area contributed by atoms with Gasteiger partial charge >= 0.3 is 0 Å². The largest absolute Gasteiger partial charge is 0.497 e. The van der Waals surface area contributed by atoms with Crippen molar-refractivity contribution >= 4 is 17.6 Å². The first-order valence-electron chi connectivity index (χ1n) is 4.19. The normalized spacial score (nSPS) is 10.9. The first-order chi connectivity index (χ1) is 7.11. The van der Waals surface area contributed by atoms with E-state index in [2.05, 4.69) is 9.98 Å². The van der Waals surface area contributed by atoms with Gasteiger partial charge in [0.25, 0.3) is 0 Å². The number of methoxy groups -OCH3 is 1. The number of guanidine groups is 2. The topological polar surface area (TPSA) is 112 Å². The van der Waals surface area contributed by atoms with Gasteiger partial charge in [0.05, 0.1) is 12.8 Å². The summed E-state index contributed by atoms with van der Waals surface area (Å²) in [5, 5.41) is 0. The Morgan fingerprint density at radius 3 is 2.60 bits per heavy atom. The second kappa shape index (κ2) is 4.85. The smallest absolute Gasteiger partial charge is 0.223 e. The Kier molecular flexibility index (Phi) is 3.50. The molecule has 6 heteroatoms. The van der Waals surface area contributed by atoms with E-state index in [-0.39, 0.29) is 11.9 Å². The molecule has 0 saturated carbocycles. The Bertz CT molecular complexity index is 395. The first kappa shape index (κ1) is 10.8. The van der Waals surface area contributed by atoms with Crippen LogP contribution in [-0.2, 0) is 0 Å². The van der Waals surface area contributed by atoms with E-state index in [0.717, 1.165) is 0 Å². The third-order valence-corrected chi connectivity index (χ3v) is 1.54. The molecule has 0 unspecified atom stereocenters. The zero-order valence-corrected chi connectivity index (χ0v) is 8.34. The van der Waals surface area contributed by atoms with Crippen molar-refractivity contribution in [1.29, 1.82) is 0 Å². The lowest BCUT2D eigenvalue weighted by Crippen LogP contribution is -2.26. The van der Waals surface area contributed by atoms with Gasteiger partial charge in [-0.25, -0.2) is 4.99 Å². The highest BCUT2D eigenvalue weighted by Gasteiger charge is 1.95. The van der Waals surface area contributed by atoms with Gasteiger partial charge in [-0.15, -0.1) is 0 Å². The van der Waals surface area contributed by atoms with Crippen LogP contribution in [0.1, 0.15) is 0 Å². The van der Waals surface area contributed by atoms with Crippen molar-refractivity contribution < 1.29 is 4.74 Å². The van der Waals surface area contributed by atoms with E-state index in [0.29, 0.717) is 11.4 Å². The van der Waals surface area contributed by atoms with E-state index >= 15 is 0 Å². The van der Waals surface area contributed by atoms with E-state index in [1.165, 1.54) is 0 Å². The molecule has 0 radical (unpaired) electrons. The van der Waals surface area contributed by atoms with Crippen molar-refractivity contribution in [2.24, 2.45) is 27.2 Å². The molecule has 0 aliphatic carbocycles. The number of nitrogens with zero attached hydrogens (tertiary/aromatic N) is 2. The highest BCUT2D eigenvalue weighted by Crippen LogP contribution is 2.19. The summed E-state index contributed by atoms with van der Waals surface area (Å²) >= 11 is 0. The van der Waals surface area contributed by atoms with Crippen LogP contribution in [-0.4, -0.2) is 19.0 Å².